The molecule has 2 aromatic rings. The fourth-order valence-corrected chi connectivity index (χ4v) is 2.75. The van der Waals surface area contributed by atoms with E-state index in [1.165, 1.54) is 12.1 Å². The summed E-state index contributed by atoms with van der Waals surface area (Å²) in [6.45, 7) is 2.77. The van der Waals surface area contributed by atoms with Gasteiger partial charge in [-0.1, -0.05) is 18.2 Å². The van der Waals surface area contributed by atoms with Crippen LogP contribution in [0.15, 0.2) is 42.5 Å². The molecule has 0 spiro atoms. The number of amides is 1. The average Bonchev–Trinajstić information content (AvgIpc) is 3.02. The molecule has 1 saturated heterocycles. The maximum atomic E-state index is 12.6. The molecule has 1 aliphatic rings. The largest absolute Gasteiger partial charge is 0.472 e. The first-order valence-electron chi connectivity index (χ1n) is 7.67. The molecule has 0 radical (unpaired) electrons. The van der Waals surface area contributed by atoms with Crippen molar-refractivity contribution in [2.24, 2.45) is 0 Å². The first kappa shape index (κ1) is 15.9. The Balaban J connectivity index is 1.69. The van der Waals surface area contributed by atoms with Crippen LogP contribution in [0.2, 0.25) is 0 Å². The van der Waals surface area contributed by atoms with E-state index in [1.807, 2.05) is 19.1 Å². The number of likely N-dealkylation sites (tertiary alicyclic amines) is 1. The molecule has 1 unspecified atom stereocenters. The van der Waals surface area contributed by atoms with Crippen molar-refractivity contribution in [3.63, 3.8) is 0 Å². The number of hydrogen-bond donors (Lipinski definition) is 0. The van der Waals surface area contributed by atoms with Crippen molar-refractivity contribution in [1.82, 2.24) is 9.88 Å². The Kier molecular flexibility index (Phi) is 4.41. The fraction of sp³-hybridized carbons (Fsp3) is 0.294. The van der Waals surface area contributed by atoms with Gasteiger partial charge in [0.1, 0.15) is 11.7 Å². The number of para-hydroxylation sites is 1. The molecule has 0 bridgehead atoms. The van der Waals surface area contributed by atoms with Crippen molar-refractivity contribution in [2.45, 2.75) is 19.4 Å². The van der Waals surface area contributed by atoms with E-state index in [-0.39, 0.29) is 23.3 Å². The second-order valence-corrected chi connectivity index (χ2v) is 5.67. The highest BCUT2D eigenvalue weighted by Gasteiger charge is 2.31. The molecule has 3 rings (SSSR count). The van der Waals surface area contributed by atoms with E-state index in [9.17, 15) is 14.9 Å². The zero-order valence-electron chi connectivity index (χ0n) is 13.2. The molecule has 0 N–H and O–H groups in total. The molecule has 1 aliphatic heterocycles. The third kappa shape index (κ3) is 3.34. The van der Waals surface area contributed by atoms with Crippen molar-refractivity contribution >= 4 is 11.6 Å². The van der Waals surface area contributed by atoms with Crippen LogP contribution < -0.4 is 4.74 Å². The lowest BCUT2D eigenvalue weighted by Crippen LogP contribution is -2.31. The van der Waals surface area contributed by atoms with E-state index >= 15 is 0 Å². The molecule has 1 atom stereocenters. The number of nitro groups is 1. The van der Waals surface area contributed by atoms with Gasteiger partial charge in [-0.3, -0.25) is 14.9 Å². The van der Waals surface area contributed by atoms with E-state index in [4.69, 9.17) is 4.74 Å². The molecule has 24 heavy (non-hydrogen) atoms. The van der Waals surface area contributed by atoms with Gasteiger partial charge in [0.05, 0.1) is 11.5 Å². The van der Waals surface area contributed by atoms with E-state index in [0.717, 1.165) is 5.69 Å². The third-order valence-corrected chi connectivity index (χ3v) is 3.91. The topological polar surface area (TPSA) is 85.6 Å². The highest BCUT2D eigenvalue weighted by molar-refractivity contribution is 5.98. The number of nitro benzene ring substituents is 1. The highest BCUT2D eigenvalue weighted by atomic mass is 16.6. The standard InChI is InChI=1S/C17H17N3O4/c1-12-5-4-8-16(18-12)24-13-9-10-19(11-13)17(21)14-6-2-3-7-15(14)20(22)23/h2-8,13H,9-11H2,1H3. The Labute approximate surface area is 139 Å². The maximum absolute atomic E-state index is 12.6. The summed E-state index contributed by atoms with van der Waals surface area (Å²) in [5.41, 5.74) is 0.794. The summed E-state index contributed by atoms with van der Waals surface area (Å²) in [6, 6.07) is 11.5. The maximum Gasteiger partial charge on any atom is 0.282 e. The Morgan fingerprint density at radius 2 is 2.08 bits per heavy atom. The lowest BCUT2D eigenvalue weighted by atomic mass is 10.1. The summed E-state index contributed by atoms with van der Waals surface area (Å²) in [4.78, 5) is 29.0. The van der Waals surface area contributed by atoms with Gasteiger partial charge >= 0.3 is 0 Å². The van der Waals surface area contributed by atoms with Gasteiger partial charge in [-0.05, 0) is 19.1 Å². The van der Waals surface area contributed by atoms with Crippen molar-refractivity contribution in [1.29, 1.82) is 0 Å². The van der Waals surface area contributed by atoms with Crippen LogP contribution >= 0.6 is 0 Å². The molecule has 1 fully saturated rings. The van der Waals surface area contributed by atoms with Crippen molar-refractivity contribution < 1.29 is 14.5 Å². The SMILES string of the molecule is Cc1cccc(OC2CCN(C(=O)c3ccccc3[N+](=O)[O-])C2)n1. The van der Waals surface area contributed by atoms with E-state index in [1.54, 1.807) is 23.1 Å². The van der Waals surface area contributed by atoms with Crippen LogP contribution in [0.4, 0.5) is 5.69 Å². The zero-order valence-corrected chi connectivity index (χ0v) is 13.2. The molecular weight excluding hydrogens is 310 g/mol. The van der Waals surface area contributed by atoms with Crippen LogP contribution in [-0.2, 0) is 0 Å². The van der Waals surface area contributed by atoms with Gasteiger partial charge in [0, 0.05) is 30.8 Å². The summed E-state index contributed by atoms with van der Waals surface area (Å²) in [5.74, 6) is 0.186. The smallest absolute Gasteiger partial charge is 0.282 e. The zero-order chi connectivity index (χ0) is 17.1. The Hall–Kier alpha value is -2.96. The number of pyridine rings is 1. The average molecular weight is 327 g/mol. The second-order valence-electron chi connectivity index (χ2n) is 5.67. The summed E-state index contributed by atoms with van der Waals surface area (Å²) in [6.07, 6.45) is 0.508. The van der Waals surface area contributed by atoms with Crippen LogP contribution in [-0.4, -0.2) is 39.9 Å². The van der Waals surface area contributed by atoms with Gasteiger partial charge in [0.15, 0.2) is 0 Å². The number of carbonyl (C=O) groups excluding carboxylic acids is 1. The molecular formula is C17H17N3O4. The molecule has 2 heterocycles. The number of rotatable bonds is 4. The van der Waals surface area contributed by atoms with Crippen LogP contribution in [0.25, 0.3) is 0 Å². The molecule has 1 aromatic carbocycles. The van der Waals surface area contributed by atoms with E-state index in [2.05, 4.69) is 4.98 Å². The minimum Gasteiger partial charge on any atom is -0.472 e. The fourth-order valence-electron chi connectivity index (χ4n) is 2.75. The lowest BCUT2D eigenvalue weighted by Gasteiger charge is -2.17. The van der Waals surface area contributed by atoms with Crippen LogP contribution in [0, 0.1) is 17.0 Å². The summed E-state index contributed by atoms with van der Waals surface area (Å²) >= 11 is 0. The van der Waals surface area contributed by atoms with Crippen molar-refractivity contribution in [3.05, 3.63) is 63.8 Å². The van der Waals surface area contributed by atoms with Crippen LogP contribution in [0.5, 0.6) is 5.88 Å². The quantitative estimate of drug-likeness (QED) is 0.636. The van der Waals surface area contributed by atoms with Gasteiger partial charge < -0.3 is 9.64 Å². The minimum atomic E-state index is -0.534. The Morgan fingerprint density at radius 1 is 1.29 bits per heavy atom. The number of hydrogen-bond acceptors (Lipinski definition) is 5. The second kappa shape index (κ2) is 6.66. The molecule has 0 saturated carbocycles. The van der Waals surface area contributed by atoms with E-state index in [0.29, 0.717) is 25.4 Å². The molecule has 7 nitrogen and oxygen atoms in total. The summed E-state index contributed by atoms with van der Waals surface area (Å²) < 4.78 is 5.81. The highest BCUT2D eigenvalue weighted by Crippen LogP contribution is 2.23. The third-order valence-electron chi connectivity index (χ3n) is 3.91. The molecule has 7 heteroatoms. The monoisotopic (exact) mass is 327 g/mol. The van der Waals surface area contributed by atoms with Gasteiger partial charge in [0.2, 0.25) is 5.88 Å². The van der Waals surface area contributed by atoms with Crippen LogP contribution in [0.3, 0.4) is 0 Å². The Morgan fingerprint density at radius 3 is 2.83 bits per heavy atom. The van der Waals surface area contributed by atoms with Gasteiger partial charge in [-0.25, -0.2) is 4.98 Å². The molecule has 0 aliphatic carbocycles. The van der Waals surface area contributed by atoms with Gasteiger partial charge in [-0.2, -0.15) is 0 Å². The summed E-state index contributed by atoms with van der Waals surface area (Å²) in [5, 5.41) is 11.1. The van der Waals surface area contributed by atoms with Gasteiger partial charge in [-0.15, -0.1) is 0 Å². The predicted octanol–water partition coefficient (Wildman–Crippen LogP) is 2.59. The number of aryl methyl sites for hydroxylation is 1. The number of ether oxygens (including phenoxy) is 1. The minimum absolute atomic E-state index is 0.108. The molecule has 124 valence electrons. The predicted molar refractivity (Wildman–Crippen MR) is 87.0 cm³/mol. The van der Waals surface area contributed by atoms with Crippen LogP contribution in [0.1, 0.15) is 22.5 Å². The molecule has 1 amide bonds. The van der Waals surface area contributed by atoms with Crippen molar-refractivity contribution in [2.75, 3.05) is 13.1 Å². The van der Waals surface area contributed by atoms with Gasteiger partial charge in [0.25, 0.3) is 11.6 Å². The molecule has 1 aromatic heterocycles. The first-order chi connectivity index (χ1) is 11.5. The normalized spacial score (nSPS) is 16.9. The number of nitrogens with zero attached hydrogens (tertiary/aromatic N) is 3. The Bertz CT molecular complexity index is 778. The lowest BCUT2D eigenvalue weighted by molar-refractivity contribution is -0.385. The first-order valence-corrected chi connectivity index (χ1v) is 7.67. The summed E-state index contributed by atoms with van der Waals surface area (Å²) in [7, 11) is 0. The number of carbonyl (C=O) groups is 1. The number of aromatic nitrogens is 1. The van der Waals surface area contributed by atoms with Crippen molar-refractivity contribution in [3.8, 4) is 5.88 Å². The number of benzene rings is 1. The van der Waals surface area contributed by atoms with E-state index < -0.39 is 4.92 Å².